The molecule has 38 heavy (non-hydrogen) atoms. The molecule has 0 amide bonds. The van der Waals surface area contributed by atoms with Crippen LogP contribution in [-0.4, -0.2) is 40.1 Å². The van der Waals surface area contributed by atoms with E-state index in [4.69, 9.17) is 4.74 Å². The van der Waals surface area contributed by atoms with Gasteiger partial charge >= 0.3 is 11.9 Å². The highest BCUT2D eigenvalue weighted by molar-refractivity contribution is 5.86. The first-order chi connectivity index (χ1) is 17.5. The van der Waals surface area contributed by atoms with Crippen LogP contribution in [0.3, 0.4) is 0 Å². The van der Waals surface area contributed by atoms with Gasteiger partial charge in [0.25, 0.3) is 0 Å². The summed E-state index contributed by atoms with van der Waals surface area (Å²) in [5.41, 5.74) is 1.57. The number of carbonyl (C=O) groups excluding carboxylic acids is 2. The highest BCUT2D eigenvalue weighted by Gasteiger charge is 2.66. The van der Waals surface area contributed by atoms with Gasteiger partial charge in [0.05, 0.1) is 6.10 Å². The number of carboxylic acids is 1. The van der Waals surface area contributed by atoms with Crippen LogP contribution in [0.15, 0.2) is 34.9 Å². The Labute approximate surface area is 227 Å². The van der Waals surface area contributed by atoms with Gasteiger partial charge in [-0.1, -0.05) is 59.8 Å². The molecule has 4 rings (SSSR count). The standard InChI is InChI=1S/C32H46O6/c1-18(28(36)37)9-11-24(38-20(3)33)19(2)23-17-27(35)32(8)22-10-12-25-29(4,5)26(34)14-15-30(25,6)21(22)13-16-31(23,32)7/h9-10,13,19,23-25,27,35H,11-12,14-17H2,1-8H3,(H,36,37)/b18-9+/t19-,23+,24-,25-,27-,30+,31+,32+/m0/s1. The summed E-state index contributed by atoms with van der Waals surface area (Å²) in [6, 6.07) is 0. The van der Waals surface area contributed by atoms with Crippen molar-refractivity contribution < 1.29 is 29.3 Å². The third-order valence-electron chi connectivity index (χ3n) is 11.7. The van der Waals surface area contributed by atoms with E-state index < -0.39 is 23.6 Å². The maximum atomic E-state index is 12.9. The SMILES string of the molecule is CC(=O)O[C@@H](C/C=C(\C)C(=O)O)[C@@H](C)[C@H]1C[C@H](O)[C@@]2(C)C3=CC[C@H]4C(C)(C)C(=O)CC[C@]4(C)C3=CC[C@]12C. The van der Waals surface area contributed by atoms with E-state index in [1.807, 2.05) is 0 Å². The molecule has 0 unspecified atom stereocenters. The van der Waals surface area contributed by atoms with E-state index in [0.29, 0.717) is 25.0 Å². The Bertz CT molecular complexity index is 1130. The van der Waals surface area contributed by atoms with Crippen LogP contribution in [0.4, 0.5) is 0 Å². The lowest BCUT2D eigenvalue weighted by Gasteiger charge is -2.60. The van der Waals surface area contributed by atoms with Crippen molar-refractivity contribution in [3.63, 3.8) is 0 Å². The number of fused-ring (bicyclic) bond motifs is 5. The topological polar surface area (TPSA) is 101 Å². The summed E-state index contributed by atoms with van der Waals surface area (Å²) in [7, 11) is 0. The predicted molar refractivity (Wildman–Crippen MR) is 146 cm³/mol. The van der Waals surface area contributed by atoms with Gasteiger partial charge in [-0.25, -0.2) is 4.79 Å². The Balaban J connectivity index is 1.72. The number of aliphatic carboxylic acids is 1. The second kappa shape index (κ2) is 9.46. The zero-order chi connectivity index (χ0) is 28.4. The summed E-state index contributed by atoms with van der Waals surface area (Å²) >= 11 is 0. The number of ether oxygens (including phenoxy) is 1. The molecule has 210 valence electrons. The number of esters is 1. The van der Waals surface area contributed by atoms with Crippen molar-refractivity contribution in [3.05, 3.63) is 34.9 Å². The molecular formula is C32H46O6. The zero-order valence-corrected chi connectivity index (χ0v) is 24.4. The number of carbonyl (C=O) groups is 3. The molecule has 0 aromatic carbocycles. The summed E-state index contributed by atoms with van der Waals surface area (Å²) in [5.74, 6) is -0.786. The fourth-order valence-electron chi connectivity index (χ4n) is 8.91. The van der Waals surface area contributed by atoms with E-state index in [-0.39, 0.29) is 45.5 Å². The molecule has 0 heterocycles. The monoisotopic (exact) mass is 526 g/mol. The molecule has 2 saturated carbocycles. The van der Waals surface area contributed by atoms with Gasteiger partial charge in [0.1, 0.15) is 11.9 Å². The molecule has 2 N–H and O–H groups in total. The summed E-state index contributed by atoms with van der Waals surface area (Å²) in [6.45, 7) is 16.0. The predicted octanol–water partition coefficient (Wildman–Crippen LogP) is 6.04. The third-order valence-corrected chi connectivity index (χ3v) is 11.7. The first-order valence-corrected chi connectivity index (χ1v) is 14.2. The minimum atomic E-state index is -0.983. The fraction of sp³-hybridized carbons (Fsp3) is 0.719. The van der Waals surface area contributed by atoms with Crippen molar-refractivity contribution in [1.29, 1.82) is 0 Å². The average molecular weight is 527 g/mol. The summed E-state index contributed by atoms with van der Waals surface area (Å²) in [6.07, 6.45) is 9.29. The highest BCUT2D eigenvalue weighted by Crippen LogP contribution is 2.71. The van der Waals surface area contributed by atoms with Crippen molar-refractivity contribution >= 4 is 17.7 Å². The number of hydrogen-bond acceptors (Lipinski definition) is 5. The number of ketones is 1. The molecular weight excluding hydrogens is 480 g/mol. The Kier molecular flexibility index (Phi) is 7.17. The molecule has 2 fully saturated rings. The van der Waals surface area contributed by atoms with Crippen LogP contribution in [0.25, 0.3) is 0 Å². The lowest BCUT2D eigenvalue weighted by atomic mass is 9.44. The fourth-order valence-corrected chi connectivity index (χ4v) is 8.91. The molecule has 4 aliphatic carbocycles. The van der Waals surface area contributed by atoms with Gasteiger partial charge < -0.3 is 14.9 Å². The number of allylic oxidation sites excluding steroid dienone is 3. The number of aliphatic hydroxyl groups excluding tert-OH is 1. The maximum absolute atomic E-state index is 12.9. The van der Waals surface area contributed by atoms with Crippen LogP contribution in [0.1, 0.15) is 93.9 Å². The largest absolute Gasteiger partial charge is 0.478 e. The van der Waals surface area contributed by atoms with Crippen molar-refractivity contribution in [2.24, 2.45) is 39.4 Å². The molecule has 6 heteroatoms. The van der Waals surface area contributed by atoms with E-state index in [2.05, 4.69) is 53.7 Å². The number of hydrogen-bond donors (Lipinski definition) is 2. The molecule has 0 radical (unpaired) electrons. The average Bonchev–Trinajstić information content (AvgIpc) is 3.04. The molecule has 6 nitrogen and oxygen atoms in total. The number of carboxylic acid groups (broad SMARTS) is 1. The third kappa shape index (κ3) is 4.04. The Hall–Kier alpha value is -2.21. The van der Waals surface area contributed by atoms with Crippen LogP contribution in [0.2, 0.25) is 0 Å². The molecule has 0 aromatic heterocycles. The van der Waals surface area contributed by atoms with Crippen LogP contribution in [-0.2, 0) is 19.1 Å². The Morgan fingerprint density at radius 1 is 1.13 bits per heavy atom. The second-order valence-electron chi connectivity index (χ2n) is 13.7. The van der Waals surface area contributed by atoms with Gasteiger partial charge in [-0.3, -0.25) is 9.59 Å². The number of Topliss-reactive ketones (excluding diaryl/α,β-unsaturated/α-hetero) is 1. The maximum Gasteiger partial charge on any atom is 0.330 e. The van der Waals surface area contributed by atoms with E-state index >= 15 is 0 Å². The van der Waals surface area contributed by atoms with E-state index in [0.717, 1.165) is 19.3 Å². The minimum absolute atomic E-state index is 0.0685. The summed E-state index contributed by atoms with van der Waals surface area (Å²) < 4.78 is 5.75. The molecule has 0 bridgehead atoms. The van der Waals surface area contributed by atoms with Crippen LogP contribution in [0, 0.1) is 39.4 Å². The van der Waals surface area contributed by atoms with Gasteiger partial charge in [-0.05, 0) is 72.3 Å². The Morgan fingerprint density at radius 2 is 1.79 bits per heavy atom. The van der Waals surface area contributed by atoms with Gasteiger partial charge in [0.15, 0.2) is 0 Å². The highest BCUT2D eigenvalue weighted by atomic mass is 16.5. The molecule has 4 aliphatic rings. The first kappa shape index (κ1) is 28.8. The van der Waals surface area contributed by atoms with E-state index in [9.17, 15) is 24.6 Å². The number of aliphatic hydroxyl groups is 1. The van der Waals surface area contributed by atoms with Gasteiger partial charge in [0.2, 0.25) is 0 Å². The van der Waals surface area contributed by atoms with Crippen molar-refractivity contribution in [1.82, 2.24) is 0 Å². The lowest BCUT2D eigenvalue weighted by molar-refractivity contribution is -0.151. The summed E-state index contributed by atoms with van der Waals surface area (Å²) in [4.78, 5) is 36.2. The molecule has 0 aliphatic heterocycles. The lowest BCUT2D eigenvalue weighted by Crippen LogP contribution is -2.55. The normalized spacial score (nSPS) is 39.7. The molecule has 0 saturated heterocycles. The smallest absolute Gasteiger partial charge is 0.330 e. The van der Waals surface area contributed by atoms with E-state index in [1.54, 1.807) is 13.0 Å². The second-order valence-corrected chi connectivity index (χ2v) is 13.7. The van der Waals surface area contributed by atoms with Crippen molar-refractivity contribution in [2.45, 2.75) is 106 Å². The van der Waals surface area contributed by atoms with Crippen molar-refractivity contribution in [2.75, 3.05) is 0 Å². The van der Waals surface area contributed by atoms with Crippen LogP contribution < -0.4 is 0 Å². The van der Waals surface area contributed by atoms with Gasteiger partial charge in [0, 0.05) is 36.2 Å². The number of rotatable bonds is 6. The van der Waals surface area contributed by atoms with Crippen molar-refractivity contribution in [3.8, 4) is 0 Å². The van der Waals surface area contributed by atoms with Gasteiger partial charge in [-0.15, -0.1) is 0 Å². The molecule has 0 aromatic rings. The van der Waals surface area contributed by atoms with Crippen LogP contribution in [0.5, 0.6) is 0 Å². The summed E-state index contributed by atoms with van der Waals surface area (Å²) in [5, 5.41) is 21.1. The molecule has 8 atom stereocenters. The minimum Gasteiger partial charge on any atom is -0.478 e. The Morgan fingerprint density at radius 3 is 2.39 bits per heavy atom. The van der Waals surface area contributed by atoms with E-state index in [1.165, 1.54) is 18.1 Å². The quantitative estimate of drug-likeness (QED) is 0.323. The van der Waals surface area contributed by atoms with Gasteiger partial charge in [-0.2, -0.15) is 0 Å². The molecule has 0 spiro atoms. The first-order valence-electron chi connectivity index (χ1n) is 14.2. The zero-order valence-electron chi connectivity index (χ0n) is 24.4. The van der Waals surface area contributed by atoms with Crippen LogP contribution >= 0.6 is 0 Å².